The van der Waals surface area contributed by atoms with Crippen molar-refractivity contribution in [2.24, 2.45) is 0 Å². The summed E-state index contributed by atoms with van der Waals surface area (Å²) in [5.74, 6) is -0.682. The number of benzene rings is 1. The molecule has 0 bridgehead atoms. The fraction of sp³-hybridized carbons (Fsp3) is 0.211. The normalized spacial score (nSPS) is 12.0. The number of aromatic nitrogens is 3. The second-order valence-electron chi connectivity index (χ2n) is 5.97. The van der Waals surface area contributed by atoms with Gasteiger partial charge >= 0.3 is 0 Å². The molecule has 0 saturated heterocycles. The number of carbonyl (C=O) groups excluding carboxylic acids is 1. The third kappa shape index (κ3) is 4.14. The minimum absolute atomic E-state index is 0.0823. The highest BCUT2D eigenvalue weighted by Gasteiger charge is 2.22. The van der Waals surface area contributed by atoms with Crippen LogP contribution < -0.4 is 5.32 Å². The van der Waals surface area contributed by atoms with E-state index in [1.165, 1.54) is 17.8 Å². The SMILES string of the molecule is C=CCn1c(S[C@@H](C)C(=O)Nc2ccc(F)cc2F)nnc1-c1ccoc1C. The third-order valence-corrected chi connectivity index (χ3v) is 5.05. The molecule has 146 valence electrons. The molecule has 1 amide bonds. The molecule has 3 aromatic rings. The number of halogens is 2. The summed E-state index contributed by atoms with van der Waals surface area (Å²) in [6, 6.07) is 4.77. The predicted molar refractivity (Wildman–Crippen MR) is 103 cm³/mol. The molecule has 0 fully saturated rings. The standard InChI is InChI=1S/C19H18F2N4O2S/c1-4-8-25-17(14-7-9-27-11(14)2)23-24-19(25)28-12(3)18(26)22-16-6-5-13(20)10-15(16)21/h4-7,9-10,12H,1,8H2,2-3H3,(H,22,26)/t12-/m0/s1. The smallest absolute Gasteiger partial charge is 0.237 e. The molecule has 0 radical (unpaired) electrons. The van der Waals surface area contributed by atoms with Crippen molar-refractivity contribution in [3.8, 4) is 11.4 Å². The molecule has 1 N–H and O–H groups in total. The molecule has 0 unspecified atom stereocenters. The quantitative estimate of drug-likeness (QED) is 0.466. The molecule has 2 heterocycles. The molecule has 6 nitrogen and oxygen atoms in total. The van der Waals surface area contributed by atoms with Crippen LogP contribution in [0.1, 0.15) is 12.7 Å². The van der Waals surface area contributed by atoms with Gasteiger partial charge in [-0.2, -0.15) is 0 Å². The second-order valence-corrected chi connectivity index (χ2v) is 7.28. The highest BCUT2D eigenvalue weighted by Crippen LogP contribution is 2.29. The predicted octanol–water partition coefficient (Wildman–Crippen LogP) is 4.43. The van der Waals surface area contributed by atoms with Crippen molar-refractivity contribution in [2.75, 3.05) is 5.32 Å². The van der Waals surface area contributed by atoms with Gasteiger partial charge in [-0.05, 0) is 32.0 Å². The second kappa shape index (κ2) is 8.39. The van der Waals surface area contributed by atoms with Crippen LogP contribution >= 0.6 is 11.8 Å². The summed E-state index contributed by atoms with van der Waals surface area (Å²) in [6.07, 6.45) is 3.27. The van der Waals surface area contributed by atoms with Crippen molar-refractivity contribution >= 4 is 23.4 Å². The highest BCUT2D eigenvalue weighted by molar-refractivity contribution is 8.00. The Bertz CT molecular complexity index is 1020. The van der Waals surface area contributed by atoms with Gasteiger partial charge in [0, 0.05) is 12.6 Å². The molecule has 0 aliphatic carbocycles. The number of furan rings is 1. The lowest BCUT2D eigenvalue weighted by molar-refractivity contribution is -0.115. The Morgan fingerprint density at radius 2 is 2.18 bits per heavy atom. The van der Waals surface area contributed by atoms with E-state index in [9.17, 15) is 13.6 Å². The van der Waals surface area contributed by atoms with Gasteiger partial charge in [-0.15, -0.1) is 16.8 Å². The molecule has 3 rings (SSSR count). The van der Waals surface area contributed by atoms with Crippen molar-refractivity contribution in [1.29, 1.82) is 0 Å². The zero-order valence-electron chi connectivity index (χ0n) is 15.3. The molecule has 0 spiro atoms. The number of anilines is 1. The first-order chi connectivity index (χ1) is 13.4. The minimum Gasteiger partial charge on any atom is -0.469 e. The number of amides is 1. The molecule has 28 heavy (non-hydrogen) atoms. The third-order valence-electron chi connectivity index (χ3n) is 3.97. The Morgan fingerprint density at radius 3 is 2.82 bits per heavy atom. The van der Waals surface area contributed by atoms with Crippen LogP contribution in [0.2, 0.25) is 0 Å². The van der Waals surface area contributed by atoms with E-state index in [0.717, 1.165) is 11.6 Å². The number of hydrogen-bond donors (Lipinski definition) is 1. The molecule has 1 atom stereocenters. The fourth-order valence-electron chi connectivity index (χ4n) is 2.52. The van der Waals surface area contributed by atoms with Gasteiger partial charge in [-0.3, -0.25) is 9.36 Å². The van der Waals surface area contributed by atoms with Crippen LogP contribution in [0.5, 0.6) is 0 Å². The number of rotatable bonds is 7. The lowest BCUT2D eigenvalue weighted by atomic mass is 10.2. The summed E-state index contributed by atoms with van der Waals surface area (Å²) in [7, 11) is 0. The van der Waals surface area contributed by atoms with Crippen molar-refractivity contribution in [2.45, 2.75) is 30.8 Å². The summed E-state index contributed by atoms with van der Waals surface area (Å²) in [5, 5.41) is 10.8. The first kappa shape index (κ1) is 19.8. The Labute approximate surface area is 164 Å². The summed E-state index contributed by atoms with van der Waals surface area (Å²) in [5.41, 5.74) is 0.716. The number of nitrogens with zero attached hydrogens (tertiary/aromatic N) is 3. The maximum absolute atomic E-state index is 13.8. The maximum atomic E-state index is 13.8. The van der Waals surface area contributed by atoms with Crippen molar-refractivity contribution in [3.63, 3.8) is 0 Å². The van der Waals surface area contributed by atoms with E-state index >= 15 is 0 Å². The lowest BCUT2D eigenvalue weighted by Gasteiger charge is -2.13. The van der Waals surface area contributed by atoms with Gasteiger partial charge in [0.05, 0.1) is 22.8 Å². The lowest BCUT2D eigenvalue weighted by Crippen LogP contribution is -2.23. The Kier molecular flexibility index (Phi) is 5.93. The molecule has 0 aliphatic heterocycles. The van der Waals surface area contributed by atoms with E-state index < -0.39 is 22.8 Å². The molecule has 1 aromatic carbocycles. The Hall–Kier alpha value is -2.94. The number of nitrogens with one attached hydrogen (secondary N) is 1. The summed E-state index contributed by atoms with van der Waals surface area (Å²) >= 11 is 1.17. The summed E-state index contributed by atoms with van der Waals surface area (Å²) in [4.78, 5) is 12.4. The zero-order chi connectivity index (χ0) is 20.3. The van der Waals surface area contributed by atoms with Crippen LogP contribution in [-0.4, -0.2) is 25.9 Å². The number of allylic oxidation sites excluding steroid dienone is 1. The highest BCUT2D eigenvalue weighted by atomic mass is 32.2. The van der Waals surface area contributed by atoms with Gasteiger partial charge < -0.3 is 9.73 Å². The average Bonchev–Trinajstić information content (AvgIpc) is 3.24. The number of aryl methyl sites for hydroxylation is 1. The topological polar surface area (TPSA) is 73.0 Å². The number of carbonyl (C=O) groups is 1. The van der Waals surface area contributed by atoms with Gasteiger partial charge in [0.2, 0.25) is 5.91 Å². The van der Waals surface area contributed by atoms with Crippen LogP contribution in [0.3, 0.4) is 0 Å². The Balaban J connectivity index is 1.79. The fourth-order valence-corrected chi connectivity index (χ4v) is 3.38. The molecule has 0 aliphatic rings. The van der Waals surface area contributed by atoms with Gasteiger partial charge in [-0.25, -0.2) is 8.78 Å². The van der Waals surface area contributed by atoms with Crippen LogP contribution in [0.25, 0.3) is 11.4 Å². The number of thioether (sulfide) groups is 1. The van der Waals surface area contributed by atoms with Crippen molar-refractivity contribution < 1.29 is 18.0 Å². The monoisotopic (exact) mass is 404 g/mol. The van der Waals surface area contributed by atoms with E-state index in [-0.39, 0.29) is 5.69 Å². The number of hydrogen-bond acceptors (Lipinski definition) is 5. The maximum Gasteiger partial charge on any atom is 0.237 e. The molecular formula is C19H18F2N4O2S. The Morgan fingerprint density at radius 1 is 1.39 bits per heavy atom. The van der Waals surface area contributed by atoms with Crippen LogP contribution in [0.4, 0.5) is 14.5 Å². The summed E-state index contributed by atoms with van der Waals surface area (Å²) in [6.45, 7) is 7.67. The first-order valence-electron chi connectivity index (χ1n) is 8.41. The van der Waals surface area contributed by atoms with Crippen LogP contribution in [0, 0.1) is 18.6 Å². The van der Waals surface area contributed by atoms with E-state index in [4.69, 9.17) is 4.42 Å². The van der Waals surface area contributed by atoms with Crippen molar-refractivity contribution in [3.05, 3.63) is 60.6 Å². The molecule has 0 saturated carbocycles. The van der Waals surface area contributed by atoms with Crippen LogP contribution in [0.15, 0.2) is 52.8 Å². The van der Waals surface area contributed by atoms with E-state index in [0.29, 0.717) is 29.4 Å². The van der Waals surface area contributed by atoms with Gasteiger partial charge in [0.25, 0.3) is 0 Å². The van der Waals surface area contributed by atoms with E-state index in [2.05, 4.69) is 22.1 Å². The molecule has 2 aromatic heterocycles. The zero-order valence-corrected chi connectivity index (χ0v) is 16.1. The van der Waals surface area contributed by atoms with Crippen molar-refractivity contribution in [1.82, 2.24) is 14.8 Å². The largest absolute Gasteiger partial charge is 0.469 e. The van der Waals surface area contributed by atoms with Crippen LogP contribution in [-0.2, 0) is 11.3 Å². The summed E-state index contributed by atoms with van der Waals surface area (Å²) < 4.78 is 33.9. The molecule has 9 heteroatoms. The van der Waals surface area contributed by atoms with E-state index in [1.54, 1.807) is 25.3 Å². The van der Waals surface area contributed by atoms with Gasteiger partial charge in [-0.1, -0.05) is 17.8 Å². The van der Waals surface area contributed by atoms with Gasteiger partial charge in [0.1, 0.15) is 17.4 Å². The van der Waals surface area contributed by atoms with Gasteiger partial charge in [0.15, 0.2) is 11.0 Å². The van der Waals surface area contributed by atoms with E-state index in [1.807, 2.05) is 11.5 Å². The minimum atomic E-state index is -0.835. The average molecular weight is 404 g/mol. The first-order valence-corrected chi connectivity index (χ1v) is 9.29. The molecular weight excluding hydrogens is 386 g/mol.